The van der Waals surface area contributed by atoms with E-state index in [1.807, 2.05) is 16.8 Å². The van der Waals surface area contributed by atoms with E-state index >= 15 is 0 Å². The van der Waals surface area contributed by atoms with Crippen LogP contribution < -0.4 is 0 Å². The molecule has 3 heterocycles. The molecule has 0 atom stereocenters. The molecule has 8 nitrogen and oxygen atoms in total. The molecule has 1 fully saturated rings. The minimum absolute atomic E-state index is 0.0876. The van der Waals surface area contributed by atoms with Crippen LogP contribution in [0.2, 0.25) is 15.6 Å². The second-order valence-corrected chi connectivity index (χ2v) is 7.45. The molecule has 1 aliphatic carbocycles. The summed E-state index contributed by atoms with van der Waals surface area (Å²) in [4.78, 5) is 25.5. The Morgan fingerprint density at radius 3 is 2.61 bits per heavy atom. The van der Waals surface area contributed by atoms with E-state index in [9.17, 15) is 9.90 Å². The molecule has 3 aromatic heterocycles. The van der Waals surface area contributed by atoms with Gasteiger partial charge in [-0.3, -0.25) is 0 Å². The summed E-state index contributed by atoms with van der Waals surface area (Å²) in [5.74, 6) is 0. The molecule has 2 N–H and O–H groups in total. The summed E-state index contributed by atoms with van der Waals surface area (Å²) >= 11 is 17.0. The summed E-state index contributed by atoms with van der Waals surface area (Å²) in [6.07, 6.45) is 6.79. The number of carbonyl (C=O) groups excluding carboxylic acids is 1. The van der Waals surface area contributed by atoms with Gasteiger partial charge < -0.3 is 19.6 Å². The quantitative estimate of drug-likeness (QED) is 0.361. The smallest absolute Gasteiger partial charge is 0.223 e. The summed E-state index contributed by atoms with van der Waals surface area (Å²) in [5.41, 5.74) is 0.430. The Labute approximate surface area is 175 Å². The van der Waals surface area contributed by atoms with Gasteiger partial charge in [0, 0.05) is 30.4 Å². The lowest BCUT2D eigenvalue weighted by Crippen LogP contribution is -2.47. The first-order chi connectivity index (χ1) is 13.4. The zero-order valence-corrected chi connectivity index (χ0v) is 16.7. The number of nitrogens with zero attached hydrogens (tertiary/aromatic N) is 5. The Hall–Kier alpha value is -1.84. The van der Waals surface area contributed by atoms with E-state index in [2.05, 4.69) is 19.9 Å². The first-order valence-corrected chi connectivity index (χ1v) is 9.41. The van der Waals surface area contributed by atoms with Crippen molar-refractivity contribution in [3.63, 3.8) is 0 Å². The fourth-order valence-corrected chi connectivity index (χ4v) is 3.54. The SMILES string of the molecule is O=CCc1cnc(Cl)nc1Cl.OCC1(O)CC(n2ccc3c(Cl)ncnc32)C1. The van der Waals surface area contributed by atoms with Crippen LogP contribution in [0.5, 0.6) is 0 Å². The minimum Gasteiger partial charge on any atom is -0.393 e. The van der Waals surface area contributed by atoms with Gasteiger partial charge >= 0.3 is 0 Å². The number of fused-ring (bicyclic) bond motifs is 1. The van der Waals surface area contributed by atoms with Crippen LogP contribution in [0.25, 0.3) is 11.0 Å². The molecular formula is C17H16Cl3N5O3. The molecule has 0 spiro atoms. The Morgan fingerprint density at radius 1 is 1.21 bits per heavy atom. The van der Waals surface area contributed by atoms with E-state index in [0.717, 1.165) is 17.3 Å². The van der Waals surface area contributed by atoms with Gasteiger partial charge in [-0.2, -0.15) is 0 Å². The zero-order chi connectivity index (χ0) is 20.3. The maximum atomic E-state index is 10.1. The molecule has 1 aliphatic rings. The summed E-state index contributed by atoms with van der Waals surface area (Å²) < 4.78 is 1.98. The highest BCUT2D eigenvalue weighted by molar-refractivity contribution is 6.34. The number of carbonyl (C=O) groups is 1. The van der Waals surface area contributed by atoms with Gasteiger partial charge in [-0.25, -0.2) is 19.9 Å². The number of hydrogen-bond acceptors (Lipinski definition) is 7. The van der Waals surface area contributed by atoms with Crippen molar-refractivity contribution in [1.82, 2.24) is 24.5 Å². The topological polar surface area (TPSA) is 114 Å². The predicted octanol–water partition coefficient (Wildman–Crippen LogP) is 2.67. The normalized spacial score (nSPS) is 21.0. The van der Waals surface area contributed by atoms with Crippen molar-refractivity contribution in [2.45, 2.75) is 30.9 Å². The lowest BCUT2D eigenvalue weighted by molar-refractivity contribution is -0.107. The first-order valence-electron chi connectivity index (χ1n) is 8.27. The molecule has 0 aliphatic heterocycles. The van der Waals surface area contributed by atoms with Crippen molar-refractivity contribution in [3.8, 4) is 0 Å². The summed E-state index contributed by atoms with van der Waals surface area (Å²) in [6.45, 7) is -0.196. The number of halogens is 3. The average molecular weight is 445 g/mol. The van der Waals surface area contributed by atoms with Crippen LogP contribution in [-0.2, 0) is 11.2 Å². The molecule has 0 unspecified atom stereocenters. The van der Waals surface area contributed by atoms with Crippen LogP contribution in [-0.4, -0.2) is 53.2 Å². The van der Waals surface area contributed by atoms with Crippen molar-refractivity contribution in [1.29, 1.82) is 0 Å². The number of aromatic nitrogens is 5. The van der Waals surface area contributed by atoms with Gasteiger partial charge in [0.15, 0.2) is 0 Å². The van der Waals surface area contributed by atoms with E-state index in [1.54, 1.807) is 0 Å². The number of aliphatic hydroxyl groups excluding tert-OH is 1. The Bertz CT molecular complexity index is 991. The zero-order valence-electron chi connectivity index (χ0n) is 14.5. The maximum absolute atomic E-state index is 10.1. The van der Waals surface area contributed by atoms with Crippen molar-refractivity contribution >= 4 is 52.1 Å². The molecule has 0 bridgehead atoms. The van der Waals surface area contributed by atoms with Crippen LogP contribution in [0.4, 0.5) is 0 Å². The third kappa shape index (κ3) is 4.42. The van der Waals surface area contributed by atoms with Crippen molar-refractivity contribution in [3.05, 3.63) is 45.9 Å². The molecule has 0 radical (unpaired) electrons. The lowest BCUT2D eigenvalue weighted by Gasteiger charge is -2.43. The van der Waals surface area contributed by atoms with Crippen LogP contribution >= 0.6 is 34.8 Å². The molecule has 4 rings (SSSR count). The fourth-order valence-electron chi connectivity index (χ4n) is 2.97. The summed E-state index contributed by atoms with van der Waals surface area (Å²) in [7, 11) is 0. The van der Waals surface area contributed by atoms with E-state index in [1.165, 1.54) is 12.5 Å². The van der Waals surface area contributed by atoms with Gasteiger partial charge in [-0.05, 0) is 30.5 Å². The Kier molecular flexibility index (Phi) is 6.47. The van der Waals surface area contributed by atoms with E-state index < -0.39 is 5.60 Å². The highest BCUT2D eigenvalue weighted by Crippen LogP contribution is 2.42. The second-order valence-electron chi connectivity index (χ2n) is 6.40. The molecular weight excluding hydrogens is 429 g/mol. The van der Waals surface area contributed by atoms with Gasteiger partial charge in [0.2, 0.25) is 5.28 Å². The molecule has 11 heteroatoms. The standard InChI is InChI=1S/C11H12ClN3O2.C6H4Cl2N2O/c12-9-8-1-2-15(10(8)14-6-13-9)7-3-11(17,4-7)5-16;7-5-4(1-2-11)3-9-6(8)10-5/h1-2,6-7,16-17H,3-5H2;2-3H,1H2. The number of rotatable bonds is 4. The second kappa shape index (κ2) is 8.67. The maximum Gasteiger partial charge on any atom is 0.223 e. The van der Waals surface area contributed by atoms with Crippen LogP contribution in [0.15, 0.2) is 24.8 Å². The van der Waals surface area contributed by atoms with E-state index in [4.69, 9.17) is 39.9 Å². The minimum atomic E-state index is -0.932. The molecule has 3 aromatic rings. The fraction of sp³-hybridized carbons (Fsp3) is 0.353. The third-order valence-corrected chi connectivity index (χ3v) is 5.28. The Balaban J connectivity index is 0.000000178. The van der Waals surface area contributed by atoms with Crippen molar-refractivity contribution in [2.75, 3.05) is 6.61 Å². The molecule has 0 amide bonds. The highest BCUT2D eigenvalue weighted by atomic mass is 35.5. The summed E-state index contributed by atoms with van der Waals surface area (Å²) in [5, 5.41) is 20.4. The monoisotopic (exact) mass is 443 g/mol. The van der Waals surface area contributed by atoms with Crippen molar-refractivity contribution < 1.29 is 15.0 Å². The molecule has 1 saturated carbocycles. The van der Waals surface area contributed by atoms with Crippen LogP contribution in [0.1, 0.15) is 24.4 Å². The van der Waals surface area contributed by atoms with E-state index in [0.29, 0.717) is 23.6 Å². The van der Waals surface area contributed by atoms with Gasteiger partial charge in [-0.1, -0.05) is 23.2 Å². The van der Waals surface area contributed by atoms with Gasteiger partial charge in [-0.15, -0.1) is 0 Å². The van der Waals surface area contributed by atoms with Gasteiger partial charge in [0.1, 0.15) is 28.6 Å². The first kappa shape index (κ1) is 20.9. The summed E-state index contributed by atoms with van der Waals surface area (Å²) in [6, 6.07) is 2.03. The molecule has 0 saturated heterocycles. The Morgan fingerprint density at radius 2 is 1.96 bits per heavy atom. The van der Waals surface area contributed by atoms with Gasteiger partial charge in [0.05, 0.1) is 17.6 Å². The molecule has 0 aromatic carbocycles. The molecule has 28 heavy (non-hydrogen) atoms. The third-order valence-electron chi connectivity index (χ3n) is 4.47. The number of hydrogen-bond donors (Lipinski definition) is 2. The van der Waals surface area contributed by atoms with Gasteiger partial charge in [0.25, 0.3) is 0 Å². The largest absolute Gasteiger partial charge is 0.393 e. The van der Waals surface area contributed by atoms with Crippen molar-refractivity contribution in [2.24, 2.45) is 0 Å². The number of aldehydes is 1. The van der Waals surface area contributed by atoms with Crippen LogP contribution in [0, 0.1) is 0 Å². The predicted molar refractivity (Wildman–Crippen MR) is 105 cm³/mol. The van der Waals surface area contributed by atoms with Crippen LogP contribution in [0.3, 0.4) is 0 Å². The lowest BCUT2D eigenvalue weighted by atomic mass is 9.76. The van der Waals surface area contributed by atoms with E-state index in [-0.39, 0.29) is 29.5 Å². The average Bonchev–Trinajstić information content (AvgIpc) is 3.07. The number of aliphatic hydroxyl groups is 2. The molecule has 148 valence electrons. The highest BCUT2D eigenvalue weighted by Gasteiger charge is 2.43.